The van der Waals surface area contributed by atoms with E-state index in [2.05, 4.69) is 30.9 Å². The zero-order chi connectivity index (χ0) is 15.6. The van der Waals surface area contributed by atoms with Gasteiger partial charge in [-0.25, -0.2) is 9.59 Å². The van der Waals surface area contributed by atoms with E-state index in [9.17, 15) is 14.4 Å². The lowest BCUT2D eigenvalue weighted by molar-refractivity contribution is -0.122. The van der Waals surface area contributed by atoms with Gasteiger partial charge in [0.15, 0.2) is 0 Å². The molecule has 0 aliphatic carbocycles. The van der Waals surface area contributed by atoms with Crippen LogP contribution >= 0.6 is 0 Å². The van der Waals surface area contributed by atoms with Crippen LogP contribution in [-0.2, 0) is 4.79 Å². The molecule has 10 N–H and O–H groups in total. The van der Waals surface area contributed by atoms with Crippen LogP contribution in [-0.4, -0.2) is 45.1 Å². The maximum atomic E-state index is 11.0. The van der Waals surface area contributed by atoms with Gasteiger partial charge in [0.05, 0.1) is 0 Å². The van der Waals surface area contributed by atoms with E-state index in [1.54, 1.807) is 0 Å². The predicted octanol–water partition coefficient (Wildman–Crippen LogP) is -3.55. The third-order valence-corrected chi connectivity index (χ3v) is 2.40. The van der Waals surface area contributed by atoms with E-state index in [0.717, 1.165) is 0 Å². The van der Waals surface area contributed by atoms with Crippen LogP contribution in [0.4, 0.5) is 27.4 Å². The normalized spacial score (nSPS) is 22.8. The third-order valence-electron chi connectivity index (χ3n) is 2.40. The van der Waals surface area contributed by atoms with Crippen LogP contribution in [0, 0.1) is 0 Å². The quantitative estimate of drug-likeness (QED) is 0.251. The van der Waals surface area contributed by atoms with E-state index >= 15 is 0 Å². The highest BCUT2D eigenvalue weighted by Gasteiger charge is 2.41. The standard InChI is InChI=1S/C5H6N4O3.C3H6N6/c10-3-1-2(7-4(11)6-1)8-5(12)9-3;4-1-7-2(5)9-3(6)8-1/h1-2H,(H2,6,7,11)(H2,8,9,10,12);(H6,4,5,6,7,8,9). The Labute approximate surface area is 117 Å². The molecule has 1 aromatic rings. The van der Waals surface area contributed by atoms with Gasteiger partial charge in [0.1, 0.15) is 12.2 Å². The Bertz CT molecular complexity index is 553. The van der Waals surface area contributed by atoms with Gasteiger partial charge in [-0.3, -0.25) is 10.1 Å². The van der Waals surface area contributed by atoms with Crippen molar-refractivity contribution in [3.05, 3.63) is 0 Å². The van der Waals surface area contributed by atoms with E-state index < -0.39 is 30.2 Å². The van der Waals surface area contributed by atoms with Gasteiger partial charge in [0.25, 0.3) is 5.91 Å². The van der Waals surface area contributed by atoms with Gasteiger partial charge in [-0.15, -0.1) is 0 Å². The van der Waals surface area contributed by atoms with Crippen molar-refractivity contribution >= 4 is 35.8 Å². The number of nitrogens with one attached hydrogen (secondary N) is 4. The molecule has 13 heteroatoms. The highest BCUT2D eigenvalue weighted by Crippen LogP contribution is 2.02. The summed E-state index contributed by atoms with van der Waals surface area (Å²) < 4.78 is 0. The van der Waals surface area contributed by atoms with Crippen molar-refractivity contribution in [3.8, 4) is 0 Å². The van der Waals surface area contributed by atoms with Gasteiger partial charge >= 0.3 is 12.1 Å². The lowest BCUT2D eigenvalue weighted by atomic mass is 10.2. The van der Waals surface area contributed by atoms with E-state index in [1.165, 1.54) is 0 Å². The number of nitrogens with zero attached hydrogens (tertiary/aromatic N) is 3. The molecule has 1 aromatic heterocycles. The van der Waals surface area contributed by atoms with Crippen LogP contribution in [0.25, 0.3) is 0 Å². The molecule has 3 rings (SSSR count). The number of amides is 5. The molecule has 0 saturated carbocycles. The summed E-state index contributed by atoms with van der Waals surface area (Å²) in [6.45, 7) is 0. The third kappa shape index (κ3) is 3.34. The SMILES string of the molecule is Nc1nc(N)nc(N)n1.O=C1NC(=O)C2NC(=O)NC2N1. The minimum absolute atomic E-state index is 0.0417. The Morgan fingerprint density at radius 2 is 1.24 bits per heavy atom. The molecule has 0 aromatic carbocycles. The number of fused-ring (bicyclic) bond motifs is 1. The first-order chi connectivity index (χ1) is 9.85. The van der Waals surface area contributed by atoms with Gasteiger partial charge in [-0.05, 0) is 0 Å². The van der Waals surface area contributed by atoms with Crippen molar-refractivity contribution in [3.63, 3.8) is 0 Å². The van der Waals surface area contributed by atoms with Crippen LogP contribution in [0.1, 0.15) is 0 Å². The Balaban J connectivity index is 0.000000161. The summed E-state index contributed by atoms with van der Waals surface area (Å²) in [6, 6.07) is -1.75. The molecule has 2 saturated heterocycles. The van der Waals surface area contributed by atoms with Crippen LogP contribution < -0.4 is 38.5 Å². The van der Waals surface area contributed by atoms with Crippen molar-refractivity contribution in [2.24, 2.45) is 0 Å². The predicted molar refractivity (Wildman–Crippen MR) is 69.0 cm³/mol. The number of nitrogen functional groups attached to an aromatic ring is 3. The molecule has 13 nitrogen and oxygen atoms in total. The Morgan fingerprint density at radius 1 is 0.762 bits per heavy atom. The first-order valence-electron chi connectivity index (χ1n) is 5.56. The lowest BCUT2D eigenvalue weighted by Crippen LogP contribution is -2.64. The maximum absolute atomic E-state index is 11.0. The number of urea groups is 2. The highest BCUT2D eigenvalue weighted by atomic mass is 16.2. The summed E-state index contributed by atoms with van der Waals surface area (Å²) in [4.78, 5) is 42.9. The number of hydrogen-bond acceptors (Lipinski definition) is 9. The van der Waals surface area contributed by atoms with Crippen LogP contribution in [0.15, 0.2) is 0 Å². The molecule has 2 unspecified atom stereocenters. The average molecular weight is 296 g/mol. The number of aromatic nitrogens is 3. The maximum Gasteiger partial charge on any atom is 0.323 e. The van der Waals surface area contributed by atoms with Crippen molar-refractivity contribution in [2.75, 3.05) is 17.2 Å². The summed E-state index contributed by atoms with van der Waals surface area (Å²) in [6.07, 6.45) is -0.626. The molecule has 2 atom stereocenters. The lowest BCUT2D eigenvalue weighted by Gasteiger charge is -2.23. The first kappa shape index (κ1) is 14.0. The van der Waals surface area contributed by atoms with Gasteiger partial charge < -0.3 is 33.2 Å². The fourth-order valence-corrected chi connectivity index (χ4v) is 1.62. The monoisotopic (exact) mass is 296 g/mol. The van der Waals surface area contributed by atoms with Crippen LogP contribution in [0.2, 0.25) is 0 Å². The largest absolute Gasteiger partial charge is 0.368 e. The van der Waals surface area contributed by atoms with E-state index in [-0.39, 0.29) is 17.8 Å². The number of imide groups is 1. The second-order valence-corrected chi connectivity index (χ2v) is 3.95. The van der Waals surface area contributed by atoms with E-state index in [0.29, 0.717) is 0 Å². The Kier molecular flexibility index (Phi) is 3.55. The molecule has 0 spiro atoms. The summed E-state index contributed by atoms with van der Waals surface area (Å²) in [5.74, 6) is -0.373. The molecule has 2 fully saturated rings. The van der Waals surface area contributed by atoms with Crippen molar-refractivity contribution in [1.29, 1.82) is 0 Å². The molecule has 5 amide bonds. The highest BCUT2D eigenvalue weighted by molar-refractivity contribution is 6.03. The molecule has 2 aliphatic heterocycles. The van der Waals surface area contributed by atoms with Gasteiger partial charge in [-0.2, -0.15) is 15.0 Å². The Hall–Kier alpha value is -3.38. The number of carbonyl (C=O) groups is 3. The van der Waals surface area contributed by atoms with Crippen molar-refractivity contribution in [1.82, 2.24) is 36.2 Å². The van der Waals surface area contributed by atoms with Crippen LogP contribution in [0.5, 0.6) is 0 Å². The number of nitrogens with two attached hydrogens (primary N) is 3. The summed E-state index contributed by atoms with van der Waals surface area (Å²) in [5.41, 5.74) is 15.4. The molecule has 21 heavy (non-hydrogen) atoms. The molecule has 112 valence electrons. The van der Waals surface area contributed by atoms with Crippen LogP contribution in [0.3, 0.4) is 0 Å². The second-order valence-electron chi connectivity index (χ2n) is 3.95. The molecule has 2 aliphatic rings. The van der Waals surface area contributed by atoms with Gasteiger partial charge in [0, 0.05) is 0 Å². The minimum Gasteiger partial charge on any atom is -0.368 e. The van der Waals surface area contributed by atoms with Crippen molar-refractivity contribution < 1.29 is 14.4 Å². The average Bonchev–Trinajstić information content (AvgIpc) is 2.68. The number of carbonyl (C=O) groups excluding carboxylic acids is 3. The second kappa shape index (κ2) is 5.32. The zero-order valence-corrected chi connectivity index (χ0v) is 10.5. The smallest absolute Gasteiger partial charge is 0.323 e. The number of hydrogen-bond donors (Lipinski definition) is 7. The summed E-state index contributed by atoms with van der Waals surface area (Å²) in [7, 11) is 0. The van der Waals surface area contributed by atoms with Gasteiger partial charge in [0.2, 0.25) is 17.8 Å². The summed E-state index contributed by atoms with van der Waals surface area (Å²) >= 11 is 0. The molecule has 3 heterocycles. The molecular weight excluding hydrogens is 284 g/mol. The molecular formula is C8H12N10O3. The van der Waals surface area contributed by atoms with Gasteiger partial charge in [-0.1, -0.05) is 0 Å². The topological polar surface area (TPSA) is 216 Å². The number of anilines is 3. The molecule has 0 bridgehead atoms. The minimum atomic E-state index is -0.699. The first-order valence-corrected chi connectivity index (χ1v) is 5.56. The summed E-state index contributed by atoms with van der Waals surface area (Å²) in [5, 5.41) is 9.12. The zero-order valence-electron chi connectivity index (χ0n) is 10.5. The van der Waals surface area contributed by atoms with Crippen molar-refractivity contribution in [2.45, 2.75) is 12.2 Å². The fraction of sp³-hybridized carbons (Fsp3) is 0.250. The number of rotatable bonds is 0. The van der Waals surface area contributed by atoms with E-state index in [4.69, 9.17) is 17.2 Å². The fourth-order valence-electron chi connectivity index (χ4n) is 1.62. The Morgan fingerprint density at radius 3 is 1.76 bits per heavy atom. The van der Waals surface area contributed by atoms with E-state index in [1.807, 2.05) is 5.32 Å². The molecule has 0 radical (unpaired) electrons.